The van der Waals surface area contributed by atoms with E-state index >= 15 is 0 Å². The number of hydrogen-bond donors (Lipinski definition) is 2. The Morgan fingerprint density at radius 3 is 2.64 bits per heavy atom. The Morgan fingerprint density at radius 1 is 1.14 bits per heavy atom. The molecule has 2 N–H and O–H groups in total. The third-order valence-corrected chi connectivity index (χ3v) is 3.96. The number of rotatable bonds is 8. The molecule has 2 amide bonds. The summed E-state index contributed by atoms with van der Waals surface area (Å²) >= 11 is 5.40. The normalized spacial score (nSPS) is 10.2. The Balaban J connectivity index is 2.21. The van der Waals surface area contributed by atoms with Crippen molar-refractivity contribution in [3.63, 3.8) is 0 Å². The zero-order valence-corrected chi connectivity index (χ0v) is 16.5. The minimum absolute atomic E-state index is 0.0614. The highest BCUT2D eigenvalue weighted by Crippen LogP contribution is 2.15. The summed E-state index contributed by atoms with van der Waals surface area (Å²) in [5.41, 5.74) is 1.47. The summed E-state index contributed by atoms with van der Waals surface area (Å²) in [6.07, 6.45) is 1.78. The van der Waals surface area contributed by atoms with Gasteiger partial charge in [0.2, 0.25) is 0 Å². The van der Waals surface area contributed by atoms with E-state index in [1.54, 1.807) is 37.3 Å². The van der Waals surface area contributed by atoms with Crippen LogP contribution in [0.1, 0.15) is 56.7 Å². The van der Waals surface area contributed by atoms with Gasteiger partial charge in [0.1, 0.15) is 5.69 Å². The van der Waals surface area contributed by atoms with Crippen molar-refractivity contribution in [2.24, 2.45) is 0 Å². The number of alkyl halides is 1. The zero-order valence-electron chi connectivity index (χ0n) is 15.8. The number of carbonyl (C=O) groups excluding carboxylic acids is 3. The third-order valence-electron chi connectivity index (χ3n) is 3.85. The standard InChI is InChI=1S/C20H22ClN3O4/c1-3-4-10-22-19(26)17-16(9-8-13(2)23-17)18(25)24-15-7-5-6-14(11-15)20(27)28-12-21/h5-9,11H,3-4,10,12H2,1-2H3,(H,22,26)(H,24,25). The summed E-state index contributed by atoms with van der Waals surface area (Å²) in [5.74, 6) is -1.50. The second-order valence-electron chi connectivity index (χ2n) is 6.03. The van der Waals surface area contributed by atoms with Gasteiger partial charge in [-0.2, -0.15) is 0 Å². The molecule has 2 rings (SSSR count). The van der Waals surface area contributed by atoms with E-state index < -0.39 is 17.8 Å². The molecule has 8 heteroatoms. The van der Waals surface area contributed by atoms with Gasteiger partial charge in [0.25, 0.3) is 11.8 Å². The van der Waals surface area contributed by atoms with Crippen LogP contribution in [0.3, 0.4) is 0 Å². The first kappa shape index (κ1) is 21.4. The highest BCUT2D eigenvalue weighted by molar-refractivity contribution is 6.17. The van der Waals surface area contributed by atoms with Crippen LogP contribution in [-0.2, 0) is 4.74 Å². The first-order chi connectivity index (χ1) is 13.5. The van der Waals surface area contributed by atoms with Gasteiger partial charge in [-0.1, -0.05) is 31.0 Å². The van der Waals surface area contributed by atoms with Crippen LogP contribution < -0.4 is 10.6 Å². The summed E-state index contributed by atoms with van der Waals surface area (Å²) in [4.78, 5) is 41.2. The van der Waals surface area contributed by atoms with Crippen molar-refractivity contribution < 1.29 is 19.1 Å². The van der Waals surface area contributed by atoms with Gasteiger partial charge in [-0.15, -0.1) is 0 Å². The van der Waals surface area contributed by atoms with E-state index in [-0.39, 0.29) is 22.9 Å². The van der Waals surface area contributed by atoms with Crippen LogP contribution >= 0.6 is 11.6 Å². The second-order valence-corrected chi connectivity index (χ2v) is 6.25. The minimum atomic E-state index is -0.598. The Morgan fingerprint density at radius 2 is 1.93 bits per heavy atom. The number of halogens is 1. The van der Waals surface area contributed by atoms with Gasteiger partial charge in [-0.05, 0) is 43.7 Å². The zero-order chi connectivity index (χ0) is 20.5. The van der Waals surface area contributed by atoms with Gasteiger partial charge in [-0.3, -0.25) is 9.59 Å². The number of hydrogen-bond acceptors (Lipinski definition) is 5. The molecular formula is C20H22ClN3O4. The molecule has 148 valence electrons. The molecule has 0 spiro atoms. The van der Waals surface area contributed by atoms with Crippen LogP contribution in [0.25, 0.3) is 0 Å². The first-order valence-corrected chi connectivity index (χ1v) is 9.40. The molecule has 1 aromatic carbocycles. The highest BCUT2D eigenvalue weighted by Gasteiger charge is 2.19. The summed E-state index contributed by atoms with van der Waals surface area (Å²) in [6, 6.07) is 9.19. The molecule has 0 radical (unpaired) electrons. The van der Waals surface area contributed by atoms with E-state index in [0.717, 1.165) is 12.8 Å². The molecule has 0 saturated heterocycles. The number of ether oxygens (including phenoxy) is 1. The number of esters is 1. The summed E-state index contributed by atoms with van der Waals surface area (Å²) in [5, 5.41) is 5.45. The Hall–Kier alpha value is -2.93. The van der Waals surface area contributed by atoms with Gasteiger partial charge in [-0.25, -0.2) is 9.78 Å². The van der Waals surface area contributed by atoms with E-state index in [2.05, 4.69) is 15.6 Å². The van der Waals surface area contributed by atoms with Crippen LogP contribution in [0.4, 0.5) is 5.69 Å². The molecule has 1 aromatic heterocycles. The molecule has 28 heavy (non-hydrogen) atoms. The molecule has 0 unspecified atom stereocenters. The highest BCUT2D eigenvalue weighted by atomic mass is 35.5. The van der Waals surface area contributed by atoms with Crippen molar-refractivity contribution in [2.45, 2.75) is 26.7 Å². The predicted molar refractivity (Wildman–Crippen MR) is 107 cm³/mol. The van der Waals surface area contributed by atoms with E-state index in [0.29, 0.717) is 17.9 Å². The molecular weight excluding hydrogens is 382 g/mol. The fourth-order valence-electron chi connectivity index (χ4n) is 2.43. The molecule has 0 aliphatic carbocycles. The van der Waals surface area contributed by atoms with Gasteiger partial charge in [0, 0.05) is 17.9 Å². The fraction of sp³-hybridized carbons (Fsp3) is 0.300. The van der Waals surface area contributed by atoms with Crippen molar-refractivity contribution in [3.05, 3.63) is 58.9 Å². The summed E-state index contributed by atoms with van der Waals surface area (Å²) in [6.45, 7) is 4.28. The first-order valence-electron chi connectivity index (χ1n) is 8.86. The topological polar surface area (TPSA) is 97.4 Å². The number of aromatic nitrogens is 1. The number of nitrogens with zero attached hydrogens (tertiary/aromatic N) is 1. The largest absolute Gasteiger partial charge is 0.446 e. The SMILES string of the molecule is CCCCNC(=O)c1nc(C)ccc1C(=O)Nc1cccc(C(=O)OCCl)c1. The predicted octanol–water partition coefficient (Wildman–Crippen LogP) is 3.53. The lowest BCUT2D eigenvalue weighted by atomic mass is 10.1. The van der Waals surface area contributed by atoms with Crippen LogP contribution in [-0.4, -0.2) is 35.4 Å². The molecule has 0 fully saturated rings. The fourth-order valence-corrected chi connectivity index (χ4v) is 2.53. The van der Waals surface area contributed by atoms with E-state index in [1.807, 2.05) is 6.92 Å². The number of aryl methyl sites for hydroxylation is 1. The van der Waals surface area contributed by atoms with E-state index in [4.69, 9.17) is 16.3 Å². The molecule has 0 bridgehead atoms. The Bertz CT molecular complexity index is 870. The van der Waals surface area contributed by atoms with Crippen LogP contribution in [0, 0.1) is 6.92 Å². The van der Waals surface area contributed by atoms with Crippen molar-refractivity contribution in [3.8, 4) is 0 Å². The molecule has 0 aliphatic heterocycles. The van der Waals surface area contributed by atoms with Gasteiger partial charge >= 0.3 is 5.97 Å². The van der Waals surface area contributed by atoms with Crippen LogP contribution in [0.2, 0.25) is 0 Å². The van der Waals surface area contributed by atoms with E-state index in [1.165, 1.54) is 6.07 Å². The molecule has 7 nitrogen and oxygen atoms in total. The van der Waals surface area contributed by atoms with Crippen LogP contribution in [0.5, 0.6) is 0 Å². The van der Waals surface area contributed by atoms with Crippen molar-refractivity contribution in [2.75, 3.05) is 17.9 Å². The lowest BCUT2D eigenvalue weighted by Crippen LogP contribution is -2.28. The third kappa shape index (κ3) is 5.79. The monoisotopic (exact) mass is 403 g/mol. The molecule has 0 atom stereocenters. The van der Waals surface area contributed by atoms with E-state index in [9.17, 15) is 14.4 Å². The number of anilines is 1. The lowest BCUT2D eigenvalue weighted by Gasteiger charge is -2.11. The average molecular weight is 404 g/mol. The maximum absolute atomic E-state index is 12.7. The second kappa shape index (κ2) is 10.4. The summed E-state index contributed by atoms with van der Waals surface area (Å²) < 4.78 is 4.73. The molecule has 0 aliphatic rings. The number of amides is 2. The lowest BCUT2D eigenvalue weighted by molar-refractivity contribution is 0.0574. The molecule has 1 heterocycles. The Kier molecular flexibility index (Phi) is 7.95. The van der Waals surface area contributed by atoms with Gasteiger partial charge in [0.05, 0.1) is 11.1 Å². The van der Waals surface area contributed by atoms with Gasteiger partial charge < -0.3 is 15.4 Å². The molecule has 0 saturated carbocycles. The van der Waals surface area contributed by atoms with Gasteiger partial charge in [0.15, 0.2) is 6.07 Å². The van der Waals surface area contributed by atoms with Crippen LogP contribution in [0.15, 0.2) is 36.4 Å². The van der Waals surface area contributed by atoms with Crippen molar-refractivity contribution >= 4 is 35.1 Å². The Labute approximate surface area is 168 Å². The number of pyridine rings is 1. The quantitative estimate of drug-likeness (QED) is 0.399. The number of carbonyl (C=O) groups is 3. The summed E-state index contributed by atoms with van der Waals surface area (Å²) in [7, 11) is 0. The number of benzene rings is 1. The van der Waals surface area contributed by atoms with Crippen molar-refractivity contribution in [1.29, 1.82) is 0 Å². The average Bonchev–Trinajstić information content (AvgIpc) is 2.68. The molecule has 2 aromatic rings. The number of nitrogens with one attached hydrogen (secondary N) is 2. The maximum atomic E-state index is 12.7. The van der Waals surface area contributed by atoms with Crippen molar-refractivity contribution in [1.82, 2.24) is 10.3 Å². The maximum Gasteiger partial charge on any atom is 0.339 e. The number of unbranched alkanes of at least 4 members (excludes halogenated alkanes) is 1. The smallest absolute Gasteiger partial charge is 0.339 e. The minimum Gasteiger partial charge on any atom is -0.446 e.